The molecule has 2 aliphatic heterocycles. The number of piperidine rings is 1. The van der Waals surface area contributed by atoms with Gasteiger partial charge in [-0.25, -0.2) is 9.37 Å². The van der Waals surface area contributed by atoms with Crippen LogP contribution in [0.1, 0.15) is 55.8 Å². The molecule has 5 nitrogen and oxygen atoms in total. The molecule has 1 N–H and O–H groups in total. The monoisotopic (exact) mass is 433 g/mol. The number of aliphatic hydroxyl groups is 1. The summed E-state index contributed by atoms with van der Waals surface area (Å²) in [6.45, 7) is 2.47. The fourth-order valence-corrected chi connectivity index (χ4v) is 5.44. The Morgan fingerprint density at radius 3 is 2.78 bits per heavy atom. The number of halogens is 1. The molecule has 3 heterocycles. The van der Waals surface area contributed by atoms with E-state index >= 15 is 0 Å². The van der Waals surface area contributed by atoms with Gasteiger partial charge in [0.05, 0.1) is 36.4 Å². The second-order valence-corrected chi connectivity index (χ2v) is 8.88. The number of fused-ring (bicyclic) bond motifs is 3. The van der Waals surface area contributed by atoms with Crippen molar-refractivity contribution in [2.75, 3.05) is 6.54 Å². The summed E-state index contributed by atoms with van der Waals surface area (Å²) in [5, 5.41) is 11.3. The van der Waals surface area contributed by atoms with Crippen LogP contribution in [0, 0.1) is 11.7 Å². The van der Waals surface area contributed by atoms with Gasteiger partial charge in [-0.3, -0.25) is 4.79 Å². The molecule has 2 aromatic carbocycles. The number of likely N-dealkylation sites (tertiary alicyclic amines) is 1. The van der Waals surface area contributed by atoms with E-state index in [0.717, 1.165) is 17.7 Å². The number of amides is 1. The number of benzene rings is 2. The van der Waals surface area contributed by atoms with E-state index in [4.69, 9.17) is 0 Å². The highest BCUT2D eigenvalue weighted by Crippen LogP contribution is 2.43. The van der Waals surface area contributed by atoms with Gasteiger partial charge in [-0.15, -0.1) is 0 Å². The number of aliphatic hydroxyl groups excluding tert-OH is 1. The summed E-state index contributed by atoms with van der Waals surface area (Å²) in [4.78, 5) is 18.8. The average Bonchev–Trinajstić information content (AvgIpc) is 3.41. The van der Waals surface area contributed by atoms with E-state index in [1.54, 1.807) is 12.1 Å². The molecular weight excluding hydrogens is 405 g/mol. The summed E-state index contributed by atoms with van der Waals surface area (Å²) in [5.74, 6) is -0.128. The zero-order chi connectivity index (χ0) is 22.2. The molecule has 0 spiro atoms. The Balaban J connectivity index is 1.37. The molecule has 166 valence electrons. The molecule has 0 aliphatic carbocycles. The summed E-state index contributed by atoms with van der Waals surface area (Å²) >= 11 is 0. The SMILES string of the molecule is CCC(=O)N1CCC(C(O)CC2c3ccccc3-c3cncn32)CC1c1ccc(F)cc1. The van der Waals surface area contributed by atoms with Crippen molar-refractivity contribution in [3.63, 3.8) is 0 Å². The van der Waals surface area contributed by atoms with Crippen molar-refractivity contribution in [3.05, 3.63) is 78.0 Å². The molecule has 5 rings (SSSR count). The number of carbonyl (C=O) groups is 1. The van der Waals surface area contributed by atoms with Crippen LogP contribution >= 0.6 is 0 Å². The molecule has 1 saturated heterocycles. The zero-order valence-corrected chi connectivity index (χ0v) is 18.2. The first-order valence-electron chi connectivity index (χ1n) is 11.4. The lowest BCUT2D eigenvalue weighted by atomic mass is 9.81. The van der Waals surface area contributed by atoms with Crippen molar-refractivity contribution in [1.29, 1.82) is 0 Å². The summed E-state index contributed by atoms with van der Waals surface area (Å²) in [6.07, 6.45) is 5.68. The van der Waals surface area contributed by atoms with Gasteiger partial charge in [-0.2, -0.15) is 0 Å². The highest BCUT2D eigenvalue weighted by Gasteiger charge is 2.37. The summed E-state index contributed by atoms with van der Waals surface area (Å²) in [7, 11) is 0. The number of hydrogen-bond acceptors (Lipinski definition) is 3. The molecule has 0 radical (unpaired) electrons. The van der Waals surface area contributed by atoms with Crippen molar-refractivity contribution >= 4 is 5.91 Å². The van der Waals surface area contributed by atoms with Gasteiger partial charge in [0.15, 0.2) is 0 Å². The van der Waals surface area contributed by atoms with E-state index in [9.17, 15) is 14.3 Å². The third-order valence-electron chi connectivity index (χ3n) is 7.13. The Morgan fingerprint density at radius 2 is 2.00 bits per heavy atom. The molecule has 32 heavy (non-hydrogen) atoms. The van der Waals surface area contributed by atoms with Gasteiger partial charge in [-0.05, 0) is 48.4 Å². The van der Waals surface area contributed by atoms with E-state index in [2.05, 4.69) is 21.7 Å². The van der Waals surface area contributed by atoms with E-state index in [1.165, 1.54) is 23.3 Å². The molecule has 0 saturated carbocycles. The molecule has 0 bridgehead atoms. The normalized spacial score (nSPS) is 23.0. The predicted molar refractivity (Wildman–Crippen MR) is 120 cm³/mol. The number of rotatable bonds is 5. The highest BCUT2D eigenvalue weighted by molar-refractivity contribution is 5.76. The van der Waals surface area contributed by atoms with Crippen molar-refractivity contribution in [3.8, 4) is 11.3 Å². The van der Waals surface area contributed by atoms with Gasteiger partial charge in [0, 0.05) is 18.5 Å². The van der Waals surface area contributed by atoms with Gasteiger partial charge in [0.1, 0.15) is 5.82 Å². The summed E-state index contributed by atoms with van der Waals surface area (Å²) in [6, 6.07) is 14.6. The van der Waals surface area contributed by atoms with E-state index in [0.29, 0.717) is 25.8 Å². The Morgan fingerprint density at radius 1 is 1.22 bits per heavy atom. The van der Waals surface area contributed by atoms with Crippen LogP contribution in [0.15, 0.2) is 61.1 Å². The van der Waals surface area contributed by atoms with Crippen LogP contribution in [0.4, 0.5) is 4.39 Å². The maximum atomic E-state index is 13.5. The number of imidazole rings is 1. The molecule has 6 heteroatoms. The maximum Gasteiger partial charge on any atom is 0.222 e. The van der Waals surface area contributed by atoms with Crippen LogP contribution in [0.3, 0.4) is 0 Å². The third kappa shape index (κ3) is 3.62. The molecular formula is C26H28FN3O2. The van der Waals surface area contributed by atoms with E-state index in [-0.39, 0.29) is 29.7 Å². The van der Waals surface area contributed by atoms with Crippen molar-refractivity contribution in [1.82, 2.24) is 14.5 Å². The van der Waals surface area contributed by atoms with Crippen LogP contribution in [0.2, 0.25) is 0 Å². The minimum atomic E-state index is -0.511. The second kappa shape index (κ2) is 8.51. The van der Waals surface area contributed by atoms with Crippen LogP contribution < -0.4 is 0 Å². The van der Waals surface area contributed by atoms with Crippen LogP contribution in [-0.4, -0.2) is 38.1 Å². The summed E-state index contributed by atoms with van der Waals surface area (Å²) in [5.41, 5.74) is 4.41. The number of aromatic nitrogens is 2. The van der Waals surface area contributed by atoms with Crippen LogP contribution in [0.5, 0.6) is 0 Å². The Kier molecular flexibility index (Phi) is 5.55. The largest absolute Gasteiger partial charge is 0.393 e. The first kappa shape index (κ1) is 20.9. The highest BCUT2D eigenvalue weighted by atomic mass is 19.1. The molecule has 4 unspecified atom stereocenters. The maximum absolute atomic E-state index is 13.5. The topological polar surface area (TPSA) is 58.4 Å². The quantitative estimate of drug-likeness (QED) is 0.633. The van der Waals surface area contributed by atoms with Gasteiger partial charge >= 0.3 is 0 Å². The molecule has 3 aromatic rings. The lowest BCUT2D eigenvalue weighted by Crippen LogP contribution is -2.43. The van der Waals surface area contributed by atoms with Gasteiger partial charge < -0.3 is 14.6 Å². The standard InChI is InChI=1S/C26H28FN3O2/c1-2-26(32)29-12-11-18(13-22(29)17-7-9-19(27)10-8-17)25(31)14-23-20-5-3-4-6-21(20)24-15-28-16-30(23)24/h3-10,15-16,18,22-23,25,31H,2,11-14H2,1H3. The zero-order valence-electron chi connectivity index (χ0n) is 18.2. The first-order chi connectivity index (χ1) is 15.6. The smallest absolute Gasteiger partial charge is 0.222 e. The number of hydrogen-bond donors (Lipinski definition) is 1. The van der Waals surface area contributed by atoms with Crippen LogP contribution in [-0.2, 0) is 4.79 Å². The molecule has 4 atom stereocenters. The number of nitrogens with zero attached hydrogens (tertiary/aromatic N) is 3. The Hall–Kier alpha value is -2.99. The molecule has 2 aliphatic rings. The fraction of sp³-hybridized carbons (Fsp3) is 0.385. The fourth-order valence-electron chi connectivity index (χ4n) is 5.44. The van der Waals surface area contributed by atoms with Gasteiger partial charge in [0.2, 0.25) is 5.91 Å². The average molecular weight is 434 g/mol. The first-order valence-corrected chi connectivity index (χ1v) is 11.4. The minimum absolute atomic E-state index is 0.0540. The predicted octanol–water partition coefficient (Wildman–Crippen LogP) is 4.73. The van der Waals surface area contributed by atoms with E-state index in [1.807, 2.05) is 36.5 Å². The second-order valence-electron chi connectivity index (χ2n) is 8.88. The minimum Gasteiger partial charge on any atom is -0.393 e. The van der Waals surface area contributed by atoms with Gasteiger partial charge in [-0.1, -0.05) is 43.3 Å². The molecule has 1 amide bonds. The molecule has 1 aromatic heterocycles. The Labute approximate surface area is 187 Å². The van der Waals surface area contributed by atoms with Crippen molar-refractivity contribution < 1.29 is 14.3 Å². The third-order valence-corrected chi connectivity index (χ3v) is 7.13. The number of carbonyl (C=O) groups excluding carboxylic acids is 1. The van der Waals surface area contributed by atoms with Crippen molar-refractivity contribution in [2.45, 2.75) is 50.8 Å². The van der Waals surface area contributed by atoms with Crippen LogP contribution in [0.25, 0.3) is 11.3 Å². The Bertz CT molecular complexity index is 1110. The van der Waals surface area contributed by atoms with Gasteiger partial charge in [0.25, 0.3) is 0 Å². The molecule has 1 fully saturated rings. The van der Waals surface area contributed by atoms with E-state index < -0.39 is 6.10 Å². The van der Waals surface area contributed by atoms with Crippen molar-refractivity contribution in [2.24, 2.45) is 5.92 Å². The lowest BCUT2D eigenvalue weighted by Gasteiger charge is -2.41. The lowest BCUT2D eigenvalue weighted by molar-refractivity contribution is -0.136. The summed E-state index contributed by atoms with van der Waals surface area (Å²) < 4.78 is 15.6.